The van der Waals surface area contributed by atoms with E-state index in [4.69, 9.17) is 0 Å². The maximum atomic E-state index is 3.99. The lowest BCUT2D eigenvalue weighted by atomic mass is 10.1. The van der Waals surface area contributed by atoms with E-state index in [2.05, 4.69) is 28.6 Å². The molecule has 0 aliphatic rings. The highest BCUT2D eigenvalue weighted by atomic mass is 15.6. The van der Waals surface area contributed by atoms with Crippen LogP contribution in [0, 0.1) is 0 Å². The second kappa shape index (κ2) is 2.95. The van der Waals surface area contributed by atoms with Gasteiger partial charge in [-0.2, -0.15) is 0 Å². The summed E-state index contributed by atoms with van der Waals surface area (Å²) in [6.07, 6.45) is 1.98. The minimum Gasteiger partial charge on any atom is -0.231 e. The van der Waals surface area contributed by atoms with E-state index in [0.29, 0.717) is 0 Å². The van der Waals surface area contributed by atoms with Crippen molar-refractivity contribution >= 4 is 5.65 Å². The average molecular weight is 198 g/mol. The summed E-state index contributed by atoms with van der Waals surface area (Å²) >= 11 is 0. The number of tetrazole rings is 1. The Hall–Kier alpha value is -2.10. The third-order valence-electron chi connectivity index (χ3n) is 2.49. The first kappa shape index (κ1) is 8.23. The lowest BCUT2D eigenvalue weighted by Gasteiger charge is -1.94. The lowest BCUT2D eigenvalue weighted by molar-refractivity contribution is 0.712. The molecule has 3 rings (SSSR count). The van der Waals surface area contributed by atoms with Crippen molar-refractivity contribution in [3.05, 3.63) is 42.6 Å². The molecule has 0 spiro atoms. The molecular weight excluding hydrogens is 188 g/mol. The molecule has 0 fully saturated rings. The fourth-order valence-electron chi connectivity index (χ4n) is 1.69. The van der Waals surface area contributed by atoms with E-state index >= 15 is 0 Å². The van der Waals surface area contributed by atoms with Crippen LogP contribution in [0.3, 0.4) is 0 Å². The summed E-state index contributed by atoms with van der Waals surface area (Å²) in [5.74, 6) is 0. The Morgan fingerprint density at radius 3 is 2.53 bits per heavy atom. The van der Waals surface area contributed by atoms with Gasteiger partial charge in [0.15, 0.2) is 5.65 Å². The number of rotatable bonds is 1. The Morgan fingerprint density at radius 2 is 1.80 bits per heavy atom. The van der Waals surface area contributed by atoms with Crippen molar-refractivity contribution in [2.45, 2.75) is 0 Å². The van der Waals surface area contributed by atoms with Gasteiger partial charge in [0, 0.05) is 18.8 Å². The standard InChI is InChI=1S/C11H10N4/c1-14-11-7-10(8-15(11)13-12-14)9-5-3-2-4-6-9/h2-8H,1H3. The molecule has 1 aromatic carbocycles. The molecule has 2 aromatic heterocycles. The molecule has 0 bridgehead atoms. The number of hydrogen-bond donors (Lipinski definition) is 0. The molecule has 74 valence electrons. The van der Waals surface area contributed by atoms with E-state index in [0.717, 1.165) is 11.2 Å². The van der Waals surface area contributed by atoms with Crippen molar-refractivity contribution in [2.75, 3.05) is 0 Å². The Balaban J connectivity index is 2.20. The summed E-state index contributed by atoms with van der Waals surface area (Å²) in [5, 5.41) is 7.91. The van der Waals surface area contributed by atoms with E-state index in [1.54, 1.807) is 9.20 Å². The molecule has 0 unspecified atom stereocenters. The minimum atomic E-state index is 0.994. The molecule has 4 nitrogen and oxygen atoms in total. The number of aryl methyl sites for hydroxylation is 1. The summed E-state index contributed by atoms with van der Waals surface area (Å²) in [7, 11) is 1.89. The largest absolute Gasteiger partial charge is 0.231 e. The molecule has 0 aliphatic carbocycles. The molecule has 0 aliphatic heterocycles. The molecule has 0 saturated carbocycles. The number of aromatic nitrogens is 4. The van der Waals surface area contributed by atoms with Gasteiger partial charge in [-0.1, -0.05) is 30.3 Å². The molecule has 0 N–H and O–H groups in total. The molecule has 2 heterocycles. The maximum Gasteiger partial charge on any atom is 0.153 e. The van der Waals surface area contributed by atoms with Gasteiger partial charge in [0.1, 0.15) is 0 Å². The molecular formula is C11H10N4. The fraction of sp³-hybridized carbons (Fsp3) is 0.0909. The van der Waals surface area contributed by atoms with E-state index in [1.807, 2.05) is 31.4 Å². The van der Waals surface area contributed by atoms with Crippen LogP contribution >= 0.6 is 0 Å². The number of benzene rings is 1. The molecule has 15 heavy (non-hydrogen) atoms. The van der Waals surface area contributed by atoms with E-state index in [1.165, 1.54) is 5.56 Å². The van der Waals surface area contributed by atoms with Crippen LogP contribution in [-0.4, -0.2) is 19.6 Å². The van der Waals surface area contributed by atoms with Crippen molar-refractivity contribution in [2.24, 2.45) is 7.05 Å². The third-order valence-corrected chi connectivity index (χ3v) is 2.49. The Labute approximate surface area is 86.7 Å². The topological polar surface area (TPSA) is 35.1 Å². The predicted molar refractivity (Wildman–Crippen MR) is 57.4 cm³/mol. The lowest BCUT2D eigenvalue weighted by Crippen LogP contribution is -1.88. The van der Waals surface area contributed by atoms with Gasteiger partial charge in [0.05, 0.1) is 0 Å². The first-order valence-corrected chi connectivity index (χ1v) is 4.78. The second-order valence-electron chi connectivity index (χ2n) is 3.50. The van der Waals surface area contributed by atoms with Crippen molar-refractivity contribution in [1.29, 1.82) is 0 Å². The Morgan fingerprint density at radius 1 is 1.00 bits per heavy atom. The quantitative estimate of drug-likeness (QED) is 0.597. The summed E-state index contributed by atoms with van der Waals surface area (Å²) in [6.45, 7) is 0. The zero-order valence-corrected chi connectivity index (χ0v) is 8.33. The van der Waals surface area contributed by atoms with Gasteiger partial charge in [-0.3, -0.25) is 0 Å². The summed E-state index contributed by atoms with van der Waals surface area (Å²) < 4.78 is 3.54. The fourth-order valence-corrected chi connectivity index (χ4v) is 1.69. The summed E-state index contributed by atoms with van der Waals surface area (Å²) in [4.78, 5) is 0. The van der Waals surface area contributed by atoms with Gasteiger partial charge < -0.3 is 0 Å². The van der Waals surface area contributed by atoms with Gasteiger partial charge in [-0.05, 0) is 22.1 Å². The first-order chi connectivity index (χ1) is 7.34. The molecule has 4 heteroatoms. The molecule has 0 saturated heterocycles. The monoisotopic (exact) mass is 198 g/mol. The van der Waals surface area contributed by atoms with Crippen LogP contribution in [0.2, 0.25) is 0 Å². The second-order valence-corrected chi connectivity index (χ2v) is 3.50. The van der Waals surface area contributed by atoms with E-state index in [-0.39, 0.29) is 0 Å². The van der Waals surface area contributed by atoms with Gasteiger partial charge in [-0.15, -0.1) is 0 Å². The molecule has 0 amide bonds. The molecule has 0 radical (unpaired) electrons. The highest BCUT2D eigenvalue weighted by Gasteiger charge is 2.05. The van der Waals surface area contributed by atoms with Crippen molar-refractivity contribution in [3.8, 4) is 11.1 Å². The van der Waals surface area contributed by atoms with E-state index < -0.39 is 0 Å². The summed E-state index contributed by atoms with van der Waals surface area (Å²) in [5.41, 5.74) is 3.35. The van der Waals surface area contributed by atoms with Crippen molar-refractivity contribution in [1.82, 2.24) is 19.6 Å². The SMILES string of the molecule is Cn1nnn2cc(-c3ccccc3)cc12. The van der Waals surface area contributed by atoms with Crippen LogP contribution < -0.4 is 0 Å². The zero-order chi connectivity index (χ0) is 10.3. The van der Waals surface area contributed by atoms with Crippen LogP contribution in [-0.2, 0) is 7.05 Å². The smallest absolute Gasteiger partial charge is 0.153 e. The van der Waals surface area contributed by atoms with Crippen LogP contribution in [0.5, 0.6) is 0 Å². The highest BCUT2D eigenvalue weighted by Crippen LogP contribution is 2.20. The highest BCUT2D eigenvalue weighted by molar-refractivity contribution is 5.68. The minimum absolute atomic E-state index is 0.994. The third kappa shape index (κ3) is 1.22. The average Bonchev–Trinajstić information content (AvgIpc) is 2.83. The first-order valence-electron chi connectivity index (χ1n) is 4.78. The Kier molecular flexibility index (Phi) is 1.62. The normalized spacial score (nSPS) is 11.0. The number of fused-ring (bicyclic) bond motifs is 1. The van der Waals surface area contributed by atoms with Gasteiger partial charge in [0.2, 0.25) is 0 Å². The van der Waals surface area contributed by atoms with Crippen LogP contribution in [0.1, 0.15) is 0 Å². The van der Waals surface area contributed by atoms with Crippen molar-refractivity contribution in [3.63, 3.8) is 0 Å². The van der Waals surface area contributed by atoms with Crippen molar-refractivity contribution < 1.29 is 0 Å². The van der Waals surface area contributed by atoms with Crippen LogP contribution in [0.4, 0.5) is 0 Å². The molecule has 0 atom stereocenters. The molecule has 3 aromatic rings. The van der Waals surface area contributed by atoms with Gasteiger partial charge in [-0.25, -0.2) is 9.20 Å². The zero-order valence-electron chi connectivity index (χ0n) is 8.33. The van der Waals surface area contributed by atoms with Crippen LogP contribution in [0.25, 0.3) is 16.8 Å². The Bertz CT molecular complexity index is 591. The number of nitrogens with zero attached hydrogens (tertiary/aromatic N) is 4. The summed E-state index contributed by atoms with van der Waals surface area (Å²) in [6, 6.07) is 12.3. The maximum absolute atomic E-state index is 3.99. The number of hydrogen-bond acceptors (Lipinski definition) is 2. The van der Waals surface area contributed by atoms with E-state index in [9.17, 15) is 0 Å². The van der Waals surface area contributed by atoms with Crippen LogP contribution in [0.15, 0.2) is 42.6 Å². The predicted octanol–water partition coefficient (Wildman–Crippen LogP) is 1.73. The van der Waals surface area contributed by atoms with Gasteiger partial charge in [0.25, 0.3) is 0 Å². The van der Waals surface area contributed by atoms with Gasteiger partial charge >= 0.3 is 0 Å².